The number of hydrogen-bond donors (Lipinski definition) is 0. The first-order valence-corrected chi connectivity index (χ1v) is 21.5. The first-order chi connectivity index (χ1) is 13.1. The predicted molar refractivity (Wildman–Crippen MR) is 130 cm³/mol. The Morgan fingerprint density at radius 1 is 0.929 bits per heavy atom. The van der Waals surface area contributed by atoms with Gasteiger partial charge in [0.05, 0.1) is 0 Å². The Kier molecular flexibility index (Phi) is 11.1. The SMILES string of the molecule is CCC[CH2][Sn]([CH2]CCC)([CH2]CCC)[c]1ncc(O[Si](C)C)c(C(C)(C)C)c1C. The number of pyridine rings is 1. The summed E-state index contributed by atoms with van der Waals surface area (Å²) in [5, 5.41) is 0. The number of aromatic nitrogens is 1. The molecule has 1 rings (SSSR count). The average molecular weight is 511 g/mol. The second-order valence-electron chi connectivity index (χ2n) is 9.82. The van der Waals surface area contributed by atoms with Gasteiger partial charge >= 0.3 is 182 Å². The second-order valence-corrected chi connectivity index (χ2v) is 24.8. The van der Waals surface area contributed by atoms with Crippen LogP contribution in [-0.4, -0.2) is 32.4 Å². The fourth-order valence-corrected chi connectivity index (χ4v) is 21.8. The molecule has 1 radical (unpaired) electrons. The van der Waals surface area contributed by atoms with Crippen molar-refractivity contribution in [3.8, 4) is 5.75 Å². The molecule has 28 heavy (non-hydrogen) atoms. The minimum absolute atomic E-state index is 0.0896. The standard InChI is InChI=1S/C12H19NOSi.3C4H9.Sn/c1-9-7-13-8-10(14-15(5)6)11(9)12(2,3)4;3*1-3-4-2;/h8H,1-6H3;3*1,3-4H2,2H3;. The van der Waals surface area contributed by atoms with Crippen molar-refractivity contribution >= 4 is 31.1 Å². The molecule has 1 heterocycles. The van der Waals surface area contributed by atoms with Gasteiger partial charge in [-0.25, -0.2) is 0 Å². The first-order valence-electron chi connectivity index (χ1n) is 11.6. The van der Waals surface area contributed by atoms with E-state index in [1.807, 2.05) is 0 Å². The van der Waals surface area contributed by atoms with E-state index in [4.69, 9.17) is 9.41 Å². The summed E-state index contributed by atoms with van der Waals surface area (Å²) >= 11 is -2.55. The summed E-state index contributed by atoms with van der Waals surface area (Å²) in [4.78, 5) is 5.22. The molecule has 161 valence electrons. The van der Waals surface area contributed by atoms with Crippen LogP contribution in [0.3, 0.4) is 0 Å². The summed E-state index contributed by atoms with van der Waals surface area (Å²) in [5.74, 6) is 1.05. The number of unbranched alkanes of at least 4 members (excludes halogenated alkanes) is 3. The zero-order valence-electron chi connectivity index (χ0n) is 20.3. The summed E-state index contributed by atoms with van der Waals surface area (Å²) in [6.45, 7) is 20.9. The third-order valence-electron chi connectivity index (χ3n) is 5.88. The summed E-state index contributed by atoms with van der Waals surface area (Å²) in [5.41, 5.74) is 2.99. The van der Waals surface area contributed by atoms with Crippen LogP contribution < -0.4 is 8.14 Å². The van der Waals surface area contributed by atoms with Gasteiger partial charge in [-0.3, -0.25) is 0 Å². The van der Waals surface area contributed by atoms with E-state index in [2.05, 4.69) is 67.8 Å². The Balaban J connectivity index is 3.61. The van der Waals surface area contributed by atoms with Crippen molar-refractivity contribution in [2.24, 2.45) is 0 Å². The molecule has 0 N–H and O–H groups in total. The van der Waals surface area contributed by atoms with Crippen molar-refractivity contribution in [1.82, 2.24) is 4.98 Å². The fraction of sp³-hybridized carbons (Fsp3) is 0.792. The second kappa shape index (κ2) is 12.0. The summed E-state index contributed by atoms with van der Waals surface area (Å²) in [7, 11) is -0.797. The van der Waals surface area contributed by atoms with Gasteiger partial charge in [-0.2, -0.15) is 0 Å². The molecule has 0 unspecified atom stereocenters. The van der Waals surface area contributed by atoms with E-state index in [0.717, 1.165) is 5.75 Å². The van der Waals surface area contributed by atoms with Crippen molar-refractivity contribution < 1.29 is 4.43 Å². The molecule has 2 nitrogen and oxygen atoms in total. The van der Waals surface area contributed by atoms with Crippen molar-refractivity contribution in [2.45, 2.75) is 119 Å². The van der Waals surface area contributed by atoms with Crippen molar-refractivity contribution in [1.29, 1.82) is 0 Å². The molecule has 0 saturated heterocycles. The van der Waals surface area contributed by atoms with Crippen LogP contribution in [0.1, 0.15) is 91.2 Å². The third kappa shape index (κ3) is 7.03. The van der Waals surface area contributed by atoms with Gasteiger partial charge in [0.1, 0.15) is 0 Å². The van der Waals surface area contributed by atoms with E-state index in [1.54, 1.807) is 3.71 Å². The Hall–Kier alpha value is -0.0344. The van der Waals surface area contributed by atoms with Crippen LogP contribution in [0.5, 0.6) is 5.75 Å². The molecule has 0 bridgehead atoms. The molecule has 1 aromatic rings. The monoisotopic (exact) mass is 512 g/mol. The maximum atomic E-state index is 6.33. The van der Waals surface area contributed by atoms with Gasteiger partial charge in [-0.15, -0.1) is 0 Å². The summed E-state index contributed by atoms with van der Waals surface area (Å²) in [6, 6.07) is 0. The normalized spacial score (nSPS) is 12.6. The molecule has 0 atom stereocenters. The molecule has 0 spiro atoms. The van der Waals surface area contributed by atoms with Crippen molar-refractivity contribution in [3.63, 3.8) is 0 Å². The van der Waals surface area contributed by atoms with Gasteiger partial charge in [-0.05, 0) is 0 Å². The fourth-order valence-electron chi connectivity index (χ4n) is 4.63. The van der Waals surface area contributed by atoms with Crippen LogP contribution in [-0.2, 0) is 5.41 Å². The molecular weight excluding hydrogens is 465 g/mol. The van der Waals surface area contributed by atoms with Crippen LogP contribution in [0.25, 0.3) is 0 Å². The van der Waals surface area contributed by atoms with Crippen LogP contribution in [0, 0.1) is 6.92 Å². The van der Waals surface area contributed by atoms with E-state index in [0.29, 0.717) is 0 Å². The quantitative estimate of drug-likeness (QED) is 0.273. The molecule has 0 fully saturated rings. The Morgan fingerprint density at radius 3 is 1.75 bits per heavy atom. The van der Waals surface area contributed by atoms with Gasteiger partial charge in [0.2, 0.25) is 0 Å². The molecule has 1 aromatic heterocycles. The first kappa shape index (κ1) is 26.0. The van der Waals surface area contributed by atoms with Crippen molar-refractivity contribution in [3.05, 3.63) is 17.3 Å². The average Bonchev–Trinajstić information content (AvgIpc) is 2.60. The predicted octanol–water partition coefficient (Wildman–Crippen LogP) is 7.37. The number of nitrogens with zero attached hydrogens (tertiary/aromatic N) is 1. The van der Waals surface area contributed by atoms with E-state index in [-0.39, 0.29) is 5.41 Å². The van der Waals surface area contributed by atoms with Gasteiger partial charge < -0.3 is 0 Å². The Labute approximate surface area is 181 Å². The molecule has 0 saturated carbocycles. The molecule has 0 amide bonds. The van der Waals surface area contributed by atoms with Crippen LogP contribution in [0.15, 0.2) is 6.20 Å². The van der Waals surface area contributed by atoms with E-state index >= 15 is 0 Å². The Morgan fingerprint density at radius 2 is 1.39 bits per heavy atom. The molecule has 0 aliphatic rings. The maximum absolute atomic E-state index is 6.33. The Bertz CT molecular complexity index is 573. The van der Waals surface area contributed by atoms with Gasteiger partial charge in [0.25, 0.3) is 0 Å². The zero-order chi connectivity index (χ0) is 21.4. The number of hydrogen-bond acceptors (Lipinski definition) is 2. The third-order valence-corrected chi connectivity index (χ3v) is 22.0. The topological polar surface area (TPSA) is 22.1 Å². The summed E-state index contributed by atoms with van der Waals surface area (Å²) in [6.07, 6.45) is 10.2. The zero-order valence-corrected chi connectivity index (χ0v) is 24.2. The van der Waals surface area contributed by atoms with E-state index < -0.39 is 27.4 Å². The number of rotatable bonds is 12. The van der Waals surface area contributed by atoms with Crippen LogP contribution >= 0.6 is 0 Å². The molecule has 0 aliphatic carbocycles. The van der Waals surface area contributed by atoms with Crippen LogP contribution in [0.2, 0.25) is 26.4 Å². The van der Waals surface area contributed by atoms with Gasteiger partial charge in [0, 0.05) is 0 Å². The molecule has 0 aromatic carbocycles. The van der Waals surface area contributed by atoms with Crippen molar-refractivity contribution in [2.75, 3.05) is 0 Å². The minimum atomic E-state index is -2.55. The van der Waals surface area contributed by atoms with E-state index in [1.165, 1.54) is 63.0 Å². The molecule has 4 heteroatoms. The van der Waals surface area contributed by atoms with Crippen LogP contribution in [0.4, 0.5) is 0 Å². The molecular formula is C24H46NOSiSn. The molecule has 0 aliphatic heterocycles. The van der Waals surface area contributed by atoms with Gasteiger partial charge in [-0.1, -0.05) is 0 Å². The summed E-state index contributed by atoms with van der Waals surface area (Å²) < 4.78 is 12.3. The van der Waals surface area contributed by atoms with Gasteiger partial charge in [0.15, 0.2) is 0 Å². The van der Waals surface area contributed by atoms with E-state index in [9.17, 15) is 0 Å².